The van der Waals surface area contributed by atoms with E-state index in [1.54, 1.807) is 18.2 Å². The van der Waals surface area contributed by atoms with Gasteiger partial charge in [0.25, 0.3) is 0 Å². The Morgan fingerprint density at radius 2 is 2.06 bits per heavy atom. The van der Waals surface area contributed by atoms with Crippen LogP contribution in [0.3, 0.4) is 0 Å². The summed E-state index contributed by atoms with van der Waals surface area (Å²) in [5, 5.41) is 17.4. The van der Waals surface area contributed by atoms with Gasteiger partial charge in [0.2, 0.25) is 0 Å². The van der Waals surface area contributed by atoms with Crippen LogP contribution in [0.5, 0.6) is 11.5 Å². The van der Waals surface area contributed by atoms with Crippen molar-refractivity contribution in [2.75, 3.05) is 19.8 Å². The van der Waals surface area contributed by atoms with Gasteiger partial charge in [0, 0.05) is 12.7 Å². The van der Waals surface area contributed by atoms with Crippen molar-refractivity contribution in [1.29, 1.82) is 5.26 Å². The van der Waals surface area contributed by atoms with Gasteiger partial charge in [0.05, 0.1) is 24.8 Å². The Labute approximate surface area is 101 Å². The second-order valence-electron chi connectivity index (χ2n) is 3.49. The van der Waals surface area contributed by atoms with Gasteiger partial charge in [-0.25, -0.2) is 0 Å². The predicted molar refractivity (Wildman–Crippen MR) is 64.1 cm³/mol. The van der Waals surface area contributed by atoms with Gasteiger partial charge in [-0.15, -0.1) is 0 Å². The molecule has 0 atom stereocenters. The minimum absolute atomic E-state index is 0.176. The SMILES string of the molecule is CCOc1cc(C#N)ccc1OCCCCO. The standard InChI is InChI=1S/C13H17NO3/c1-2-16-13-9-11(10-14)5-6-12(13)17-8-4-3-7-15/h5-6,9,15H,2-4,7-8H2,1H3. The molecule has 17 heavy (non-hydrogen) atoms. The molecule has 0 aliphatic rings. The molecule has 0 saturated heterocycles. The van der Waals surface area contributed by atoms with Crippen LogP contribution in [0, 0.1) is 11.3 Å². The van der Waals surface area contributed by atoms with Crippen LogP contribution in [-0.4, -0.2) is 24.9 Å². The van der Waals surface area contributed by atoms with Crippen LogP contribution in [0.25, 0.3) is 0 Å². The fraction of sp³-hybridized carbons (Fsp3) is 0.462. The molecule has 92 valence electrons. The van der Waals surface area contributed by atoms with Crippen LogP contribution in [0.4, 0.5) is 0 Å². The van der Waals surface area contributed by atoms with Gasteiger partial charge in [-0.3, -0.25) is 0 Å². The molecule has 0 aromatic heterocycles. The summed E-state index contributed by atoms with van der Waals surface area (Å²) >= 11 is 0. The summed E-state index contributed by atoms with van der Waals surface area (Å²) in [7, 11) is 0. The summed E-state index contributed by atoms with van der Waals surface area (Å²) in [6.07, 6.45) is 1.52. The Morgan fingerprint density at radius 3 is 2.71 bits per heavy atom. The Bertz CT molecular complexity index is 385. The molecule has 0 heterocycles. The van der Waals surface area contributed by atoms with Crippen LogP contribution in [0.2, 0.25) is 0 Å². The van der Waals surface area contributed by atoms with E-state index in [1.165, 1.54) is 0 Å². The zero-order valence-electron chi connectivity index (χ0n) is 9.98. The first-order valence-electron chi connectivity index (χ1n) is 5.72. The number of hydrogen-bond acceptors (Lipinski definition) is 4. The molecule has 0 aliphatic heterocycles. The van der Waals surface area contributed by atoms with Crippen molar-refractivity contribution in [1.82, 2.24) is 0 Å². The lowest BCUT2D eigenvalue weighted by Gasteiger charge is -2.11. The number of nitrogens with zero attached hydrogens (tertiary/aromatic N) is 1. The lowest BCUT2D eigenvalue weighted by atomic mass is 10.2. The van der Waals surface area contributed by atoms with E-state index in [4.69, 9.17) is 19.8 Å². The third-order valence-electron chi connectivity index (χ3n) is 2.18. The van der Waals surface area contributed by atoms with Crippen molar-refractivity contribution < 1.29 is 14.6 Å². The minimum atomic E-state index is 0.176. The Hall–Kier alpha value is -1.73. The second kappa shape index (κ2) is 7.53. The highest BCUT2D eigenvalue weighted by Crippen LogP contribution is 2.28. The van der Waals surface area contributed by atoms with Gasteiger partial charge in [-0.2, -0.15) is 5.26 Å². The molecule has 0 fully saturated rings. The van der Waals surface area contributed by atoms with E-state index < -0.39 is 0 Å². The van der Waals surface area contributed by atoms with E-state index in [1.807, 2.05) is 6.92 Å². The van der Waals surface area contributed by atoms with Crippen LogP contribution < -0.4 is 9.47 Å². The van der Waals surface area contributed by atoms with Gasteiger partial charge in [-0.1, -0.05) is 0 Å². The fourth-order valence-corrected chi connectivity index (χ4v) is 1.36. The first-order chi connectivity index (χ1) is 8.31. The first-order valence-corrected chi connectivity index (χ1v) is 5.72. The summed E-state index contributed by atoms with van der Waals surface area (Å²) in [5.41, 5.74) is 0.552. The second-order valence-corrected chi connectivity index (χ2v) is 3.49. The van der Waals surface area contributed by atoms with Crippen molar-refractivity contribution >= 4 is 0 Å². The normalized spacial score (nSPS) is 9.71. The number of aliphatic hydroxyl groups excluding tert-OH is 1. The van der Waals surface area contributed by atoms with Gasteiger partial charge in [-0.05, 0) is 31.9 Å². The molecule has 0 radical (unpaired) electrons. The van der Waals surface area contributed by atoms with Crippen LogP contribution in [0.15, 0.2) is 18.2 Å². The summed E-state index contributed by atoms with van der Waals surface area (Å²) in [5.74, 6) is 1.24. The van der Waals surface area contributed by atoms with Gasteiger partial charge < -0.3 is 14.6 Å². The first kappa shape index (κ1) is 13.3. The van der Waals surface area contributed by atoms with Gasteiger partial charge in [0.15, 0.2) is 11.5 Å². The highest BCUT2D eigenvalue weighted by Gasteiger charge is 2.06. The summed E-state index contributed by atoms with van der Waals surface area (Å²) in [6, 6.07) is 7.17. The molecule has 1 N–H and O–H groups in total. The topological polar surface area (TPSA) is 62.5 Å². The van der Waals surface area contributed by atoms with E-state index in [9.17, 15) is 0 Å². The van der Waals surface area contributed by atoms with E-state index in [0.717, 1.165) is 12.8 Å². The monoisotopic (exact) mass is 235 g/mol. The zero-order valence-corrected chi connectivity index (χ0v) is 9.98. The maximum atomic E-state index is 8.79. The number of hydrogen-bond donors (Lipinski definition) is 1. The molecule has 4 heteroatoms. The molecule has 0 bridgehead atoms. The molecule has 1 rings (SSSR count). The molecule has 1 aromatic rings. The fourth-order valence-electron chi connectivity index (χ4n) is 1.36. The maximum absolute atomic E-state index is 8.79. The molecule has 0 unspecified atom stereocenters. The summed E-state index contributed by atoms with van der Waals surface area (Å²) < 4.78 is 11.0. The van der Waals surface area contributed by atoms with E-state index in [0.29, 0.717) is 30.3 Å². The zero-order chi connectivity index (χ0) is 12.5. The number of rotatable bonds is 7. The third kappa shape index (κ3) is 4.33. The Morgan fingerprint density at radius 1 is 1.24 bits per heavy atom. The molecule has 4 nitrogen and oxygen atoms in total. The number of benzene rings is 1. The Kier molecular flexibility index (Phi) is 5.91. The van der Waals surface area contributed by atoms with Crippen LogP contribution >= 0.6 is 0 Å². The molecular formula is C13H17NO3. The smallest absolute Gasteiger partial charge is 0.162 e. The predicted octanol–water partition coefficient (Wildman–Crippen LogP) is 2.11. The largest absolute Gasteiger partial charge is 0.490 e. The lowest BCUT2D eigenvalue weighted by Crippen LogP contribution is -2.02. The number of ether oxygens (including phenoxy) is 2. The lowest BCUT2D eigenvalue weighted by molar-refractivity contribution is 0.243. The third-order valence-corrected chi connectivity index (χ3v) is 2.18. The summed E-state index contributed by atoms with van der Waals surface area (Å²) in [6.45, 7) is 3.12. The maximum Gasteiger partial charge on any atom is 0.162 e. The van der Waals surface area contributed by atoms with Crippen LogP contribution in [0.1, 0.15) is 25.3 Å². The summed E-state index contributed by atoms with van der Waals surface area (Å²) in [4.78, 5) is 0. The van der Waals surface area contributed by atoms with E-state index >= 15 is 0 Å². The van der Waals surface area contributed by atoms with Crippen molar-refractivity contribution in [3.05, 3.63) is 23.8 Å². The Balaban J connectivity index is 2.66. The average molecular weight is 235 g/mol. The average Bonchev–Trinajstić information content (AvgIpc) is 2.36. The van der Waals surface area contributed by atoms with Crippen LogP contribution in [-0.2, 0) is 0 Å². The molecule has 1 aromatic carbocycles. The highest BCUT2D eigenvalue weighted by atomic mass is 16.5. The molecule has 0 aliphatic carbocycles. The van der Waals surface area contributed by atoms with Gasteiger partial charge >= 0.3 is 0 Å². The van der Waals surface area contributed by atoms with E-state index in [2.05, 4.69) is 6.07 Å². The molecular weight excluding hydrogens is 218 g/mol. The van der Waals surface area contributed by atoms with E-state index in [-0.39, 0.29) is 6.61 Å². The van der Waals surface area contributed by atoms with Crippen molar-refractivity contribution in [2.45, 2.75) is 19.8 Å². The van der Waals surface area contributed by atoms with Crippen molar-refractivity contribution in [3.8, 4) is 17.6 Å². The highest BCUT2D eigenvalue weighted by molar-refractivity contribution is 5.46. The molecule has 0 amide bonds. The van der Waals surface area contributed by atoms with Crippen molar-refractivity contribution in [3.63, 3.8) is 0 Å². The molecule has 0 spiro atoms. The number of nitriles is 1. The van der Waals surface area contributed by atoms with Crippen molar-refractivity contribution in [2.24, 2.45) is 0 Å². The van der Waals surface area contributed by atoms with Gasteiger partial charge in [0.1, 0.15) is 0 Å². The minimum Gasteiger partial charge on any atom is -0.490 e. The number of unbranched alkanes of at least 4 members (excludes halogenated alkanes) is 1. The number of aliphatic hydroxyl groups is 1. The quantitative estimate of drug-likeness (QED) is 0.735. The molecule has 0 saturated carbocycles.